The Labute approximate surface area is 230 Å². The van der Waals surface area contributed by atoms with Crippen LogP contribution in [0.4, 0.5) is 0 Å². The molecule has 1 aromatic carbocycles. The smallest absolute Gasteiger partial charge is 0.264 e. The van der Waals surface area contributed by atoms with Gasteiger partial charge >= 0.3 is 0 Å². The number of aromatic nitrogens is 2. The van der Waals surface area contributed by atoms with E-state index in [1.807, 2.05) is 49.1 Å². The molecule has 188 valence electrons. The minimum Gasteiger partial charge on any atom is -1.00 e. The van der Waals surface area contributed by atoms with Crippen LogP contribution in [0.2, 0.25) is 0 Å². The summed E-state index contributed by atoms with van der Waals surface area (Å²) < 4.78 is 4.22. The van der Waals surface area contributed by atoms with Gasteiger partial charge in [-0.15, -0.1) is 0 Å². The third-order valence-electron chi connectivity index (χ3n) is 5.31. The van der Waals surface area contributed by atoms with Gasteiger partial charge in [-0.3, -0.25) is 9.59 Å². The highest BCUT2D eigenvalue weighted by atomic mass is 79.9. The number of halogens is 2. The molecule has 0 saturated heterocycles. The maximum Gasteiger partial charge on any atom is 0.264 e. The zero-order valence-corrected chi connectivity index (χ0v) is 22.7. The largest absolute Gasteiger partial charge is 1.00 e. The van der Waals surface area contributed by atoms with E-state index in [9.17, 15) is 9.59 Å². The fourth-order valence-electron chi connectivity index (χ4n) is 3.50. The van der Waals surface area contributed by atoms with E-state index in [-0.39, 0.29) is 52.5 Å². The number of nitrogens with zero attached hydrogens (tertiary/aromatic N) is 5. The number of oxime groups is 2. The Balaban J connectivity index is 0.00000228. The van der Waals surface area contributed by atoms with Crippen molar-refractivity contribution in [2.45, 2.75) is 19.5 Å². The Kier molecular flexibility index (Phi) is 11.4. The first-order valence-electron chi connectivity index (χ1n) is 10.8. The molecule has 0 spiro atoms. The van der Waals surface area contributed by atoms with Gasteiger partial charge in [0.05, 0.1) is 30.0 Å². The van der Waals surface area contributed by atoms with Gasteiger partial charge < -0.3 is 43.6 Å². The first kappa shape index (κ1) is 28.8. The first-order chi connectivity index (χ1) is 16.7. The monoisotopic (exact) mass is 617 g/mol. The predicted octanol–water partition coefficient (Wildman–Crippen LogP) is -4.06. The van der Waals surface area contributed by atoms with Crippen molar-refractivity contribution in [2.24, 2.45) is 10.3 Å². The van der Waals surface area contributed by atoms with Gasteiger partial charge in [0.15, 0.2) is 44.6 Å². The van der Waals surface area contributed by atoms with Crippen LogP contribution in [-0.2, 0) is 22.8 Å². The zero-order valence-electron chi connectivity index (χ0n) is 19.5. The van der Waals surface area contributed by atoms with Crippen molar-refractivity contribution in [1.82, 2.24) is 4.90 Å². The SMILES string of the molecule is CO/N=C\c1cc[n+](CCC[n+]2ccc(/C=N\OCN3C(=O)c4ccccc4C3=O)cc2)cc1.[Br-].[Br-]. The van der Waals surface area contributed by atoms with Gasteiger partial charge in [-0.05, 0) is 12.1 Å². The minimum absolute atomic E-state index is 0. The number of aryl methyl sites for hydroxylation is 2. The Bertz CT molecular complexity index is 1180. The van der Waals surface area contributed by atoms with Crippen LogP contribution in [0.15, 0.2) is 83.6 Å². The van der Waals surface area contributed by atoms with Crippen LogP contribution in [0.3, 0.4) is 0 Å². The van der Waals surface area contributed by atoms with Crippen LogP contribution in [0.5, 0.6) is 0 Å². The van der Waals surface area contributed by atoms with Crippen molar-refractivity contribution in [2.75, 3.05) is 13.8 Å². The lowest BCUT2D eigenvalue weighted by molar-refractivity contribution is -0.726. The fourth-order valence-corrected chi connectivity index (χ4v) is 3.50. The molecule has 0 bridgehead atoms. The summed E-state index contributed by atoms with van der Waals surface area (Å²) >= 11 is 0. The number of benzene rings is 1. The Hall–Kier alpha value is -3.44. The second-order valence-corrected chi connectivity index (χ2v) is 7.59. The van der Waals surface area contributed by atoms with Gasteiger partial charge in [0.1, 0.15) is 7.11 Å². The van der Waals surface area contributed by atoms with E-state index >= 15 is 0 Å². The molecule has 3 heterocycles. The number of hydrogen-bond acceptors (Lipinski definition) is 6. The summed E-state index contributed by atoms with van der Waals surface area (Å²) in [6, 6.07) is 14.5. The molecule has 36 heavy (non-hydrogen) atoms. The van der Waals surface area contributed by atoms with Gasteiger partial charge in [-0.1, -0.05) is 22.4 Å². The van der Waals surface area contributed by atoms with Crippen molar-refractivity contribution in [3.05, 3.63) is 95.6 Å². The molecular weight excluding hydrogens is 594 g/mol. The molecular formula is C25H25Br2N5O4. The Morgan fingerprint density at radius 1 is 0.778 bits per heavy atom. The van der Waals surface area contributed by atoms with Crippen molar-refractivity contribution >= 4 is 24.2 Å². The van der Waals surface area contributed by atoms with E-state index in [0.717, 1.165) is 35.5 Å². The van der Waals surface area contributed by atoms with E-state index in [1.54, 1.807) is 36.7 Å². The van der Waals surface area contributed by atoms with Gasteiger partial charge in [-0.2, -0.15) is 0 Å². The summed E-state index contributed by atoms with van der Waals surface area (Å²) in [5.74, 6) is -0.740. The van der Waals surface area contributed by atoms with Crippen molar-refractivity contribution in [3.8, 4) is 0 Å². The minimum atomic E-state index is -0.370. The molecule has 11 heteroatoms. The van der Waals surface area contributed by atoms with Crippen molar-refractivity contribution in [1.29, 1.82) is 0 Å². The second-order valence-electron chi connectivity index (χ2n) is 7.59. The summed E-state index contributed by atoms with van der Waals surface area (Å²) in [6.07, 6.45) is 12.2. The van der Waals surface area contributed by atoms with E-state index in [4.69, 9.17) is 4.84 Å². The molecule has 0 radical (unpaired) electrons. The molecule has 1 aliphatic rings. The van der Waals surface area contributed by atoms with Gasteiger partial charge in [0.2, 0.25) is 0 Å². The maximum atomic E-state index is 12.3. The number of pyridine rings is 2. The summed E-state index contributed by atoms with van der Waals surface area (Å²) in [5, 5.41) is 7.65. The second kappa shape index (κ2) is 14.2. The number of fused-ring (bicyclic) bond motifs is 1. The summed E-state index contributed by atoms with van der Waals surface area (Å²) in [5.41, 5.74) is 2.61. The van der Waals surface area contributed by atoms with E-state index in [2.05, 4.69) is 24.3 Å². The lowest BCUT2D eigenvalue weighted by atomic mass is 10.1. The van der Waals surface area contributed by atoms with Gasteiger partial charge in [0, 0.05) is 35.4 Å². The predicted molar refractivity (Wildman–Crippen MR) is 123 cm³/mol. The summed E-state index contributed by atoms with van der Waals surface area (Å²) in [7, 11) is 1.52. The Morgan fingerprint density at radius 2 is 1.25 bits per heavy atom. The summed E-state index contributed by atoms with van der Waals surface area (Å²) in [4.78, 5) is 35.5. The average molecular weight is 619 g/mol. The quantitative estimate of drug-likeness (QED) is 0.100. The van der Waals surface area contributed by atoms with Crippen LogP contribution in [0.25, 0.3) is 0 Å². The number of rotatable bonds is 10. The number of carbonyl (C=O) groups excluding carboxylic acids is 2. The van der Waals surface area contributed by atoms with Crippen molar-refractivity contribution < 1.29 is 62.4 Å². The third kappa shape index (κ3) is 7.28. The molecule has 0 fully saturated rings. The molecule has 0 unspecified atom stereocenters. The molecule has 3 aromatic rings. The highest BCUT2D eigenvalue weighted by molar-refractivity contribution is 6.21. The van der Waals surface area contributed by atoms with E-state index in [1.165, 1.54) is 7.11 Å². The van der Waals surface area contributed by atoms with E-state index < -0.39 is 0 Å². The zero-order chi connectivity index (χ0) is 23.8. The highest BCUT2D eigenvalue weighted by Gasteiger charge is 2.35. The molecule has 2 amide bonds. The van der Waals surface area contributed by atoms with Gasteiger partial charge in [0.25, 0.3) is 11.8 Å². The normalized spacial score (nSPS) is 12.4. The number of imide groups is 1. The fraction of sp³-hybridized carbons (Fsp3) is 0.200. The average Bonchev–Trinajstić information content (AvgIpc) is 3.12. The van der Waals surface area contributed by atoms with Crippen LogP contribution in [-0.4, -0.2) is 43.0 Å². The summed E-state index contributed by atoms with van der Waals surface area (Å²) in [6.45, 7) is 1.53. The number of amides is 2. The van der Waals surface area contributed by atoms with Crippen molar-refractivity contribution in [3.63, 3.8) is 0 Å². The third-order valence-corrected chi connectivity index (χ3v) is 5.31. The van der Waals surface area contributed by atoms with E-state index in [0.29, 0.717) is 11.1 Å². The molecule has 1 aliphatic heterocycles. The molecule has 4 rings (SSSR count). The molecule has 2 aromatic heterocycles. The molecule has 0 aliphatic carbocycles. The highest BCUT2D eigenvalue weighted by Crippen LogP contribution is 2.22. The molecule has 0 N–H and O–H groups in total. The number of carbonyl (C=O) groups is 2. The van der Waals surface area contributed by atoms with Crippen LogP contribution in [0.1, 0.15) is 38.3 Å². The number of hydrogen-bond donors (Lipinski definition) is 0. The lowest BCUT2D eigenvalue weighted by Gasteiger charge is -2.11. The van der Waals surface area contributed by atoms with Crippen LogP contribution < -0.4 is 43.1 Å². The van der Waals surface area contributed by atoms with Crippen LogP contribution in [0, 0.1) is 0 Å². The topological polar surface area (TPSA) is 88.3 Å². The molecule has 9 nitrogen and oxygen atoms in total. The standard InChI is InChI=1S/C25H25N5O4.2BrH/c1-33-26-17-20-7-13-28(14-8-20)11-4-12-29-15-9-21(10-16-29)18-27-34-19-30-24(31)22-5-2-3-6-23(22)25(30)32;;/h2-3,5-10,13-18H,4,11-12,19H2,1H3;2*1H/q+2;;/p-2/b26-17-,27-18-;;. The maximum absolute atomic E-state index is 12.3. The first-order valence-corrected chi connectivity index (χ1v) is 10.8. The Morgan fingerprint density at radius 3 is 1.72 bits per heavy atom. The molecule has 0 atom stereocenters. The lowest BCUT2D eigenvalue weighted by Crippen LogP contribution is -3.00. The van der Waals surface area contributed by atoms with Gasteiger partial charge in [-0.25, -0.2) is 14.0 Å². The molecule has 0 saturated carbocycles. The van der Waals surface area contributed by atoms with Crippen LogP contribution >= 0.6 is 0 Å².